The van der Waals surface area contributed by atoms with Crippen LogP contribution < -0.4 is 0 Å². The highest BCUT2D eigenvalue weighted by Crippen LogP contribution is 2.53. The first kappa shape index (κ1) is 21.3. The highest BCUT2D eigenvalue weighted by molar-refractivity contribution is 6.05. The van der Waals surface area contributed by atoms with E-state index >= 15 is 0 Å². The average Bonchev–Trinajstić information content (AvgIpc) is 3.22. The molecule has 0 aromatic rings. The van der Waals surface area contributed by atoms with E-state index < -0.39 is 0 Å². The quantitative estimate of drug-likeness (QED) is 0.554. The molecule has 0 aromatic carbocycles. The highest BCUT2D eigenvalue weighted by Gasteiger charge is 2.52. The first-order valence-corrected chi connectivity index (χ1v) is 11.5. The van der Waals surface area contributed by atoms with Crippen molar-refractivity contribution in [2.45, 2.75) is 66.4 Å². The molecule has 164 valence electrons. The van der Waals surface area contributed by atoms with Gasteiger partial charge < -0.3 is 9.47 Å². The van der Waals surface area contributed by atoms with Gasteiger partial charge in [0.15, 0.2) is 5.78 Å². The van der Waals surface area contributed by atoms with Crippen LogP contribution >= 0.6 is 0 Å². The molecule has 2 saturated carbocycles. The van der Waals surface area contributed by atoms with Gasteiger partial charge in [0.1, 0.15) is 6.10 Å². The molecule has 0 amide bonds. The van der Waals surface area contributed by atoms with Crippen LogP contribution in [0.4, 0.5) is 0 Å². The van der Waals surface area contributed by atoms with Crippen LogP contribution in [0.3, 0.4) is 0 Å². The lowest BCUT2D eigenvalue weighted by molar-refractivity contribution is -0.159. The van der Waals surface area contributed by atoms with Gasteiger partial charge in [-0.2, -0.15) is 0 Å². The van der Waals surface area contributed by atoms with Crippen molar-refractivity contribution in [1.29, 1.82) is 0 Å². The van der Waals surface area contributed by atoms with Crippen molar-refractivity contribution in [1.82, 2.24) is 0 Å². The van der Waals surface area contributed by atoms with Gasteiger partial charge in [-0.3, -0.25) is 14.4 Å². The number of esters is 2. The fourth-order valence-electron chi connectivity index (χ4n) is 6.39. The van der Waals surface area contributed by atoms with Crippen LogP contribution in [0.25, 0.3) is 0 Å². The van der Waals surface area contributed by atoms with Crippen molar-refractivity contribution in [2.24, 2.45) is 40.9 Å². The number of allylic oxidation sites excluding steroid dienone is 3. The van der Waals surface area contributed by atoms with E-state index in [0.29, 0.717) is 18.4 Å². The number of ketones is 1. The van der Waals surface area contributed by atoms with E-state index in [4.69, 9.17) is 9.47 Å². The van der Waals surface area contributed by atoms with Crippen LogP contribution in [0, 0.1) is 40.9 Å². The number of rotatable bonds is 0. The van der Waals surface area contributed by atoms with E-state index in [1.54, 1.807) is 6.08 Å². The molecule has 5 heteroatoms. The lowest BCUT2D eigenvalue weighted by Gasteiger charge is -2.42. The molecule has 0 N–H and O–H groups in total. The number of hydrogen-bond acceptors (Lipinski definition) is 5. The molecule has 0 spiro atoms. The summed E-state index contributed by atoms with van der Waals surface area (Å²) in [5.74, 6) is 2.33. The fraction of sp³-hybridized carbons (Fsp3) is 0.720. The monoisotopic (exact) mass is 414 g/mol. The Morgan fingerprint density at radius 3 is 2.37 bits per heavy atom. The van der Waals surface area contributed by atoms with Gasteiger partial charge in [-0.1, -0.05) is 40.2 Å². The fourth-order valence-corrected chi connectivity index (χ4v) is 6.39. The van der Waals surface area contributed by atoms with Gasteiger partial charge in [-0.05, 0) is 55.6 Å². The zero-order valence-electron chi connectivity index (χ0n) is 18.8. The van der Waals surface area contributed by atoms with Gasteiger partial charge in [-0.25, -0.2) is 0 Å². The second-order valence-electron chi connectivity index (χ2n) is 10.3. The van der Waals surface area contributed by atoms with Gasteiger partial charge in [-0.15, -0.1) is 0 Å². The molecule has 5 unspecified atom stereocenters. The van der Waals surface area contributed by atoms with E-state index in [9.17, 15) is 14.4 Å². The molecule has 2 saturated heterocycles. The van der Waals surface area contributed by atoms with Crippen LogP contribution in [0.1, 0.15) is 60.3 Å². The summed E-state index contributed by atoms with van der Waals surface area (Å²) in [6, 6.07) is 0. The minimum atomic E-state index is -0.180. The predicted molar refractivity (Wildman–Crippen MR) is 112 cm³/mol. The maximum atomic E-state index is 11.9. The first-order valence-electron chi connectivity index (χ1n) is 11.5. The van der Waals surface area contributed by atoms with Crippen molar-refractivity contribution in [2.75, 3.05) is 6.61 Å². The van der Waals surface area contributed by atoms with E-state index in [0.717, 1.165) is 29.9 Å². The van der Waals surface area contributed by atoms with Crippen LogP contribution in [-0.4, -0.2) is 30.4 Å². The summed E-state index contributed by atoms with van der Waals surface area (Å²) in [7, 11) is 0. The van der Waals surface area contributed by atoms with E-state index in [1.165, 1.54) is 12.8 Å². The molecule has 8 atom stereocenters. The maximum absolute atomic E-state index is 11.9. The molecular formula is C25H34O5. The summed E-state index contributed by atoms with van der Waals surface area (Å²) >= 11 is 0. The topological polar surface area (TPSA) is 69.7 Å². The molecule has 4 fully saturated rings. The molecular weight excluding hydrogens is 380 g/mol. The SMILES string of the molecule is CC1=C2C3OC(=O)C(C)C3CC[C@@]2(C)C=CC1=O.C[C@@H]1C(=O)OCC2C1CC[C@@H]2C. The van der Waals surface area contributed by atoms with Crippen LogP contribution in [0.15, 0.2) is 23.3 Å². The Balaban J connectivity index is 0.000000158. The van der Waals surface area contributed by atoms with E-state index in [2.05, 4.69) is 13.8 Å². The van der Waals surface area contributed by atoms with Crippen molar-refractivity contribution in [3.8, 4) is 0 Å². The largest absolute Gasteiger partial charge is 0.465 e. The minimum absolute atomic E-state index is 0.0188. The van der Waals surface area contributed by atoms with Gasteiger partial charge >= 0.3 is 11.9 Å². The highest BCUT2D eigenvalue weighted by atomic mass is 16.6. The summed E-state index contributed by atoms with van der Waals surface area (Å²) in [5.41, 5.74) is 1.71. The Labute approximate surface area is 179 Å². The van der Waals surface area contributed by atoms with Crippen molar-refractivity contribution in [3.05, 3.63) is 23.3 Å². The number of hydrogen-bond donors (Lipinski definition) is 0. The van der Waals surface area contributed by atoms with Gasteiger partial charge in [0.25, 0.3) is 0 Å². The molecule has 3 aliphatic carbocycles. The van der Waals surface area contributed by atoms with Crippen LogP contribution in [0.2, 0.25) is 0 Å². The number of fused-ring (bicyclic) bond motifs is 4. The molecule has 0 bridgehead atoms. The van der Waals surface area contributed by atoms with E-state index in [-0.39, 0.29) is 47.0 Å². The number of cyclic esters (lactones) is 1. The third-order valence-corrected chi connectivity index (χ3v) is 8.59. The van der Waals surface area contributed by atoms with Gasteiger partial charge in [0.2, 0.25) is 0 Å². The molecule has 0 radical (unpaired) electrons. The standard InChI is InChI=1S/C15H18O3.C10H16O2/c1-8-10-4-6-15(3)7-5-11(16)9(2)12(15)13(10)18-14(8)17;1-6-3-4-8-7(2)10(11)12-5-9(6)8/h5,7-8,10,13H,4,6H2,1-3H3;6-9H,3-5H2,1-2H3/t8?,10?,13?,15-;6-,7-,8?,9?/m00/s1. The van der Waals surface area contributed by atoms with Crippen molar-refractivity contribution in [3.63, 3.8) is 0 Å². The summed E-state index contributed by atoms with van der Waals surface area (Å²) < 4.78 is 10.7. The average molecular weight is 415 g/mol. The Morgan fingerprint density at radius 1 is 0.933 bits per heavy atom. The zero-order valence-corrected chi connectivity index (χ0v) is 18.8. The van der Waals surface area contributed by atoms with Gasteiger partial charge in [0.05, 0.1) is 18.4 Å². The Bertz CT molecular complexity index is 823. The number of carbonyl (C=O) groups excluding carboxylic acids is 3. The second-order valence-corrected chi connectivity index (χ2v) is 10.3. The molecule has 2 aliphatic heterocycles. The van der Waals surface area contributed by atoms with Crippen LogP contribution in [-0.2, 0) is 23.9 Å². The molecule has 2 heterocycles. The lowest BCUT2D eigenvalue weighted by Crippen LogP contribution is -2.39. The third-order valence-electron chi connectivity index (χ3n) is 8.59. The van der Waals surface area contributed by atoms with Crippen molar-refractivity contribution < 1.29 is 23.9 Å². The summed E-state index contributed by atoms with van der Waals surface area (Å²) in [4.78, 5) is 34.8. The Kier molecular flexibility index (Phi) is 5.44. The Morgan fingerprint density at radius 2 is 1.63 bits per heavy atom. The smallest absolute Gasteiger partial charge is 0.309 e. The second kappa shape index (κ2) is 7.65. The maximum Gasteiger partial charge on any atom is 0.309 e. The van der Waals surface area contributed by atoms with Crippen LogP contribution in [0.5, 0.6) is 0 Å². The predicted octanol–water partition coefficient (Wildman–Crippen LogP) is 4.26. The number of carbonyl (C=O) groups is 3. The lowest BCUT2D eigenvalue weighted by atomic mass is 9.62. The van der Waals surface area contributed by atoms with Crippen molar-refractivity contribution >= 4 is 17.7 Å². The first-order chi connectivity index (χ1) is 14.1. The van der Waals surface area contributed by atoms with Gasteiger partial charge in [0, 0.05) is 16.9 Å². The Hall–Kier alpha value is -1.91. The number of ether oxygens (including phenoxy) is 2. The third kappa shape index (κ3) is 3.34. The molecule has 30 heavy (non-hydrogen) atoms. The molecule has 5 rings (SSSR count). The normalized spacial score (nSPS) is 44.4. The summed E-state index contributed by atoms with van der Waals surface area (Å²) in [5, 5.41) is 0. The zero-order chi connectivity index (χ0) is 21.8. The summed E-state index contributed by atoms with van der Waals surface area (Å²) in [6.45, 7) is 10.9. The molecule has 5 nitrogen and oxygen atoms in total. The summed E-state index contributed by atoms with van der Waals surface area (Å²) in [6.07, 6.45) is 7.96. The minimum Gasteiger partial charge on any atom is -0.465 e. The molecule has 5 aliphatic rings. The van der Waals surface area contributed by atoms with E-state index in [1.807, 2.05) is 26.8 Å². The molecule has 0 aromatic heterocycles.